The van der Waals surface area contributed by atoms with Gasteiger partial charge >= 0.3 is 0 Å². The van der Waals surface area contributed by atoms with Crippen LogP contribution in [0.3, 0.4) is 0 Å². The molecule has 2 N–H and O–H groups in total. The van der Waals surface area contributed by atoms with Gasteiger partial charge in [0.2, 0.25) is 5.91 Å². The Hall–Kier alpha value is -0.220. The lowest BCUT2D eigenvalue weighted by Crippen LogP contribution is -2.46. The maximum absolute atomic E-state index is 12.0. The smallest absolute Gasteiger partial charge is 0.224 e. The lowest BCUT2D eigenvalue weighted by molar-refractivity contribution is -0.131. The molecule has 4 heteroatoms. The second kappa shape index (κ2) is 4.47. The highest BCUT2D eigenvalue weighted by Gasteiger charge is 2.50. The number of amides is 1. The van der Waals surface area contributed by atoms with E-state index in [2.05, 4.69) is 38.3 Å². The van der Waals surface area contributed by atoms with Gasteiger partial charge in [-0.1, -0.05) is 20.8 Å². The van der Waals surface area contributed by atoms with E-state index in [9.17, 15) is 4.79 Å². The molecular weight excluding hydrogens is 232 g/mol. The van der Waals surface area contributed by atoms with Crippen LogP contribution in [0.1, 0.15) is 33.6 Å². The second-order valence-electron chi connectivity index (χ2n) is 6.41. The molecule has 1 aliphatic heterocycles. The first kappa shape index (κ1) is 13.2. The predicted molar refractivity (Wildman–Crippen MR) is 73.0 cm³/mol. The quantitative estimate of drug-likeness (QED) is 0.736. The number of nitrogens with two attached hydrogens (primary N) is 1. The Labute approximate surface area is 110 Å². The summed E-state index contributed by atoms with van der Waals surface area (Å²) in [7, 11) is 0. The lowest BCUT2D eigenvalue weighted by Gasteiger charge is -2.35. The maximum atomic E-state index is 12.0. The van der Waals surface area contributed by atoms with Gasteiger partial charge in [-0.3, -0.25) is 4.79 Å². The fourth-order valence-corrected chi connectivity index (χ4v) is 4.28. The zero-order valence-corrected chi connectivity index (χ0v) is 11.9. The molecule has 0 aromatic rings. The number of likely N-dealkylation sites (tertiary alicyclic amines) is 1. The molecule has 4 unspecified atom stereocenters. The van der Waals surface area contributed by atoms with E-state index in [1.807, 2.05) is 0 Å². The third kappa shape index (κ3) is 2.22. The summed E-state index contributed by atoms with van der Waals surface area (Å²) in [4.78, 5) is 14.1. The first-order valence-electron chi connectivity index (χ1n) is 6.54. The highest BCUT2D eigenvalue weighted by atomic mass is 32.1. The highest BCUT2D eigenvalue weighted by Crippen LogP contribution is 2.48. The highest BCUT2D eigenvalue weighted by molar-refractivity contribution is 7.81. The van der Waals surface area contributed by atoms with Gasteiger partial charge in [0, 0.05) is 24.3 Å². The lowest BCUT2D eigenvalue weighted by atomic mass is 9.80. The summed E-state index contributed by atoms with van der Waals surface area (Å²) in [5, 5.41) is 0.205. The van der Waals surface area contributed by atoms with Gasteiger partial charge in [-0.2, -0.15) is 12.6 Å². The molecule has 2 aliphatic rings. The molecule has 1 amide bonds. The number of carbonyl (C=O) groups excluding carboxylic acids is 1. The van der Waals surface area contributed by atoms with Gasteiger partial charge in [-0.05, 0) is 30.2 Å². The van der Waals surface area contributed by atoms with Gasteiger partial charge in [-0.25, -0.2) is 0 Å². The third-order valence-corrected chi connectivity index (χ3v) is 4.94. The van der Waals surface area contributed by atoms with Gasteiger partial charge in [0.25, 0.3) is 0 Å². The van der Waals surface area contributed by atoms with Crippen molar-refractivity contribution >= 4 is 18.5 Å². The van der Waals surface area contributed by atoms with Crippen LogP contribution in [0.2, 0.25) is 0 Å². The van der Waals surface area contributed by atoms with Crippen molar-refractivity contribution in [2.45, 2.75) is 44.9 Å². The molecule has 1 aliphatic carbocycles. The molecular formula is C13H24N2OS. The Morgan fingerprint density at radius 3 is 2.65 bits per heavy atom. The van der Waals surface area contributed by atoms with E-state index in [0.717, 1.165) is 13.0 Å². The molecule has 2 rings (SSSR count). The van der Waals surface area contributed by atoms with Crippen molar-refractivity contribution < 1.29 is 4.79 Å². The summed E-state index contributed by atoms with van der Waals surface area (Å²) in [6.07, 6.45) is 1.74. The van der Waals surface area contributed by atoms with Gasteiger partial charge in [-0.15, -0.1) is 0 Å². The number of carbonyl (C=O) groups is 1. The fraction of sp³-hybridized carbons (Fsp3) is 0.923. The summed E-state index contributed by atoms with van der Waals surface area (Å²) in [6, 6.07) is 0.319. The van der Waals surface area contributed by atoms with Crippen LogP contribution in [-0.4, -0.2) is 35.2 Å². The van der Waals surface area contributed by atoms with Gasteiger partial charge in [0.15, 0.2) is 0 Å². The zero-order chi connectivity index (χ0) is 12.8. The molecule has 4 atom stereocenters. The average molecular weight is 256 g/mol. The summed E-state index contributed by atoms with van der Waals surface area (Å²) < 4.78 is 0. The van der Waals surface area contributed by atoms with Crippen LogP contribution in [0.15, 0.2) is 0 Å². The third-order valence-electron chi connectivity index (χ3n) is 4.60. The van der Waals surface area contributed by atoms with Crippen molar-refractivity contribution in [3.05, 3.63) is 0 Å². The van der Waals surface area contributed by atoms with Gasteiger partial charge < -0.3 is 10.6 Å². The Morgan fingerprint density at radius 1 is 1.53 bits per heavy atom. The number of hydrogen-bond acceptors (Lipinski definition) is 3. The van der Waals surface area contributed by atoms with Crippen LogP contribution in [0.4, 0.5) is 0 Å². The minimum Gasteiger partial charge on any atom is -0.338 e. The molecule has 0 aromatic carbocycles. The molecule has 98 valence electrons. The van der Waals surface area contributed by atoms with Gasteiger partial charge in [0.1, 0.15) is 0 Å². The Morgan fingerprint density at radius 2 is 2.18 bits per heavy atom. The Kier molecular flexibility index (Phi) is 3.47. The maximum Gasteiger partial charge on any atom is 0.224 e. The molecule has 2 fully saturated rings. The van der Waals surface area contributed by atoms with Crippen molar-refractivity contribution in [3.63, 3.8) is 0 Å². The molecule has 17 heavy (non-hydrogen) atoms. The van der Waals surface area contributed by atoms with Crippen LogP contribution in [0, 0.1) is 17.3 Å². The largest absolute Gasteiger partial charge is 0.338 e. The minimum atomic E-state index is 0.205. The molecule has 1 saturated heterocycles. The van der Waals surface area contributed by atoms with E-state index >= 15 is 0 Å². The fourth-order valence-electron chi connectivity index (χ4n) is 3.94. The molecule has 0 spiro atoms. The summed E-state index contributed by atoms with van der Waals surface area (Å²) in [5.41, 5.74) is 6.20. The van der Waals surface area contributed by atoms with E-state index in [0.29, 0.717) is 30.8 Å². The number of nitrogens with zero attached hydrogens (tertiary/aromatic N) is 1. The molecule has 0 radical (unpaired) electrons. The number of thiol groups is 1. The van der Waals surface area contributed by atoms with Gasteiger partial charge in [0.05, 0.1) is 0 Å². The van der Waals surface area contributed by atoms with E-state index < -0.39 is 0 Å². The van der Waals surface area contributed by atoms with E-state index in [4.69, 9.17) is 5.73 Å². The van der Waals surface area contributed by atoms with Crippen molar-refractivity contribution in [2.75, 3.05) is 13.1 Å². The Balaban J connectivity index is 2.22. The van der Waals surface area contributed by atoms with Crippen molar-refractivity contribution in [1.82, 2.24) is 4.90 Å². The second-order valence-corrected chi connectivity index (χ2v) is 7.14. The van der Waals surface area contributed by atoms with Crippen LogP contribution >= 0.6 is 12.6 Å². The summed E-state index contributed by atoms with van der Waals surface area (Å²) in [5.74, 6) is 1.22. The zero-order valence-electron chi connectivity index (χ0n) is 11.0. The monoisotopic (exact) mass is 256 g/mol. The topological polar surface area (TPSA) is 46.3 Å². The van der Waals surface area contributed by atoms with Crippen LogP contribution in [0.25, 0.3) is 0 Å². The molecule has 0 bridgehead atoms. The predicted octanol–water partition coefficient (Wildman–Crippen LogP) is 1.53. The van der Waals surface area contributed by atoms with Crippen LogP contribution in [-0.2, 0) is 4.79 Å². The summed E-state index contributed by atoms with van der Waals surface area (Å²) in [6.45, 7) is 8.27. The van der Waals surface area contributed by atoms with Crippen molar-refractivity contribution in [3.8, 4) is 0 Å². The number of hydrogen-bond donors (Lipinski definition) is 2. The normalized spacial score (nSPS) is 41.2. The van der Waals surface area contributed by atoms with E-state index in [1.54, 1.807) is 0 Å². The molecule has 1 saturated carbocycles. The first-order valence-corrected chi connectivity index (χ1v) is 7.06. The molecule has 1 heterocycles. The van der Waals surface area contributed by atoms with Crippen LogP contribution in [0.5, 0.6) is 0 Å². The minimum absolute atomic E-state index is 0.205. The van der Waals surface area contributed by atoms with Crippen molar-refractivity contribution in [1.29, 1.82) is 0 Å². The average Bonchev–Trinajstić information content (AvgIpc) is 2.62. The Bertz CT molecular complexity index is 319. The van der Waals surface area contributed by atoms with Crippen molar-refractivity contribution in [2.24, 2.45) is 23.0 Å². The molecule has 0 aromatic heterocycles. The first-order chi connectivity index (χ1) is 7.86. The summed E-state index contributed by atoms with van der Waals surface area (Å²) >= 11 is 4.44. The van der Waals surface area contributed by atoms with E-state index in [-0.39, 0.29) is 16.6 Å². The standard InChI is InChI=1S/C13H24N2OS/c1-8-5-13(2,3)10(6-14)12(8)15-7-9(17)4-11(15)16/h8-10,12,17H,4-7,14H2,1-3H3. The van der Waals surface area contributed by atoms with E-state index in [1.165, 1.54) is 0 Å². The number of rotatable bonds is 2. The SMILES string of the molecule is CC1CC(C)(C)C(CN)C1N1CC(S)CC1=O. The van der Waals surface area contributed by atoms with Crippen LogP contribution < -0.4 is 5.73 Å². The molecule has 3 nitrogen and oxygen atoms in total.